The van der Waals surface area contributed by atoms with Gasteiger partial charge in [-0.15, -0.1) is 0 Å². The van der Waals surface area contributed by atoms with Crippen LogP contribution in [0.1, 0.15) is 48.1 Å². The van der Waals surface area contributed by atoms with E-state index in [0.717, 1.165) is 37.2 Å². The standard InChI is InChI=1S/C35H35N5O2S/c1-24-10-9-15-29(16-24)43(41,42)32-20-37-35-34(32)40-31(19-36-33(40)21-38-35)30-18-28(17-25(30)2)39(22-26-11-5-3-6-12-26)23-27-13-7-4-8-14-27/h3-16,19-21,25,28,30,37H,17-18,22-23H2,1-2H3. The van der Waals surface area contributed by atoms with Gasteiger partial charge in [-0.25, -0.2) is 18.4 Å². The molecule has 0 spiro atoms. The molecule has 0 aliphatic heterocycles. The highest BCUT2D eigenvalue weighted by Gasteiger charge is 2.38. The zero-order chi connectivity index (χ0) is 29.6. The van der Waals surface area contributed by atoms with Crippen LogP contribution < -0.4 is 0 Å². The van der Waals surface area contributed by atoms with Crippen LogP contribution in [0.25, 0.3) is 16.8 Å². The minimum absolute atomic E-state index is 0.212. The van der Waals surface area contributed by atoms with Crippen molar-refractivity contribution in [3.63, 3.8) is 0 Å². The Morgan fingerprint density at radius 1 is 0.884 bits per heavy atom. The number of aryl methyl sites for hydroxylation is 1. The van der Waals surface area contributed by atoms with Crippen LogP contribution in [0.2, 0.25) is 0 Å². The van der Waals surface area contributed by atoms with E-state index in [2.05, 4.69) is 82.5 Å². The first-order valence-electron chi connectivity index (χ1n) is 14.9. The van der Waals surface area contributed by atoms with Crippen LogP contribution in [0.15, 0.2) is 113 Å². The number of nitrogens with zero attached hydrogens (tertiary/aromatic N) is 4. The SMILES string of the molecule is Cc1cccc(S(=O)(=O)c2c[nH]c3ncc4ncc(C5CC(N(Cc6ccccc6)Cc6ccccc6)CC5C)n4c23)c1. The van der Waals surface area contributed by atoms with Gasteiger partial charge in [0.2, 0.25) is 9.84 Å². The molecule has 0 bridgehead atoms. The maximum atomic E-state index is 13.9. The van der Waals surface area contributed by atoms with E-state index in [0.29, 0.717) is 28.8 Å². The minimum atomic E-state index is -3.79. The van der Waals surface area contributed by atoms with Gasteiger partial charge in [0.1, 0.15) is 10.4 Å². The molecule has 0 amide bonds. The van der Waals surface area contributed by atoms with Crippen LogP contribution >= 0.6 is 0 Å². The summed E-state index contributed by atoms with van der Waals surface area (Å²) in [7, 11) is -3.79. The zero-order valence-electron chi connectivity index (χ0n) is 24.4. The van der Waals surface area contributed by atoms with Crippen LogP contribution in [0.3, 0.4) is 0 Å². The molecule has 218 valence electrons. The van der Waals surface area contributed by atoms with Gasteiger partial charge in [0.15, 0.2) is 11.3 Å². The fourth-order valence-electron chi connectivity index (χ4n) is 6.79. The van der Waals surface area contributed by atoms with Crippen molar-refractivity contribution in [3.8, 4) is 0 Å². The van der Waals surface area contributed by atoms with E-state index in [4.69, 9.17) is 4.98 Å². The van der Waals surface area contributed by atoms with Crippen LogP contribution in [0.5, 0.6) is 0 Å². The number of hydrogen-bond donors (Lipinski definition) is 1. The molecule has 1 fully saturated rings. The van der Waals surface area contributed by atoms with E-state index in [9.17, 15) is 8.42 Å². The molecule has 3 aromatic heterocycles. The molecule has 6 aromatic rings. The molecule has 7 nitrogen and oxygen atoms in total. The van der Waals surface area contributed by atoms with Crippen molar-refractivity contribution in [2.75, 3.05) is 0 Å². The van der Waals surface area contributed by atoms with E-state index in [-0.39, 0.29) is 15.7 Å². The van der Waals surface area contributed by atoms with E-state index in [1.54, 1.807) is 30.6 Å². The average Bonchev–Trinajstić information content (AvgIpc) is 3.74. The van der Waals surface area contributed by atoms with Crippen molar-refractivity contribution < 1.29 is 8.42 Å². The van der Waals surface area contributed by atoms with E-state index >= 15 is 0 Å². The molecular weight excluding hydrogens is 554 g/mol. The number of H-pyrrole nitrogens is 1. The lowest BCUT2D eigenvalue weighted by Crippen LogP contribution is -2.32. The van der Waals surface area contributed by atoms with Gasteiger partial charge in [-0.1, -0.05) is 79.7 Å². The van der Waals surface area contributed by atoms with Crippen LogP contribution in [-0.4, -0.2) is 38.7 Å². The summed E-state index contributed by atoms with van der Waals surface area (Å²) in [5.41, 5.74) is 6.29. The molecule has 3 atom stereocenters. The topological polar surface area (TPSA) is 83.4 Å². The number of hydrogen-bond acceptors (Lipinski definition) is 5. The van der Waals surface area contributed by atoms with E-state index < -0.39 is 9.84 Å². The second-order valence-corrected chi connectivity index (χ2v) is 13.8. The zero-order valence-corrected chi connectivity index (χ0v) is 25.2. The Kier molecular flexibility index (Phi) is 7.11. The summed E-state index contributed by atoms with van der Waals surface area (Å²) in [4.78, 5) is 15.5. The maximum Gasteiger partial charge on any atom is 0.210 e. The van der Waals surface area contributed by atoms with Crippen LogP contribution in [-0.2, 0) is 22.9 Å². The minimum Gasteiger partial charge on any atom is -0.343 e. The van der Waals surface area contributed by atoms with Crippen molar-refractivity contribution in [2.24, 2.45) is 5.92 Å². The number of rotatable bonds is 8. The average molecular weight is 590 g/mol. The number of benzene rings is 3. The van der Waals surface area contributed by atoms with Gasteiger partial charge in [-0.2, -0.15) is 0 Å². The molecule has 0 radical (unpaired) electrons. The number of imidazole rings is 1. The third-order valence-corrected chi connectivity index (χ3v) is 10.7. The highest BCUT2D eigenvalue weighted by Crippen LogP contribution is 2.43. The summed E-state index contributed by atoms with van der Waals surface area (Å²) in [6.45, 7) is 5.96. The molecule has 43 heavy (non-hydrogen) atoms. The summed E-state index contributed by atoms with van der Waals surface area (Å²) >= 11 is 0. The van der Waals surface area contributed by atoms with E-state index in [1.165, 1.54) is 11.1 Å². The highest BCUT2D eigenvalue weighted by molar-refractivity contribution is 7.91. The van der Waals surface area contributed by atoms with Gasteiger partial charge >= 0.3 is 0 Å². The number of sulfone groups is 1. The van der Waals surface area contributed by atoms with Crippen molar-refractivity contribution in [2.45, 2.75) is 61.5 Å². The largest absolute Gasteiger partial charge is 0.343 e. The number of nitrogens with one attached hydrogen (secondary N) is 1. The Balaban J connectivity index is 1.27. The molecule has 1 aliphatic carbocycles. The molecule has 1 N–H and O–H groups in total. The predicted molar refractivity (Wildman–Crippen MR) is 169 cm³/mol. The molecule has 0 saturated heterocycles. The molecule has 1 saturated carbocycles. The van der Waals surface area contributed by atoms with Crippen molar-refractivity contribution in [3.05, 3.63) is 126 Å². The number of aromatic amines is 1. The predicted octanol–water partition coefficient (Wildman–Crippen LogP) is 6.94. The maximum absolute atomic E-state index is 13.9. The van der Waals surface area contributed by atoms with Crippen LogP contribution in [0.4, 0.5) is 0 Å². The van der Waals surface area contributed by atoms with E-state index in [1.807, 2.05) is 23.6 Å². The number of fused-ring (bicyclic) bond motifs is 3. The first kappa shape index (κ1) is 27.6. The fraction of sp³-hybridized carbons (Fsp3) is 0.257. The molecule has 1 aliphatic rings. The second kappa shape index (κ2) is 11.1. The van der Waals surface area contributed by atoms with Gasteiger partial charge < -0.3 is 4.98 Å². The molecular formula is C35H35N5O2S. The quantitative estimate of drug-likeness (QED) is 0.208. The first-order chi connectivity index (χ1) is 20.9. The Morgan fingerprint density at radius 3 is 2.26 bits per heavy atom. The molecule has 3 heterocycles. The molecule has 8 heteroatoms. The summed E-state index contributed by atoms with van der Waals surface area (Å²) in [6, 6.07) is 28.8. The van der Waals surface area contributed by atoms with Gasteiger partial charge in [-0.3, -0.25) is 9.30 Å². The Labute approximate surface area is 252 Å². The Hall–Kier alpha value is -4.27. The third kappa shape index (κ3) is 5.15. The lowest BCUT2D eigenvalue weighted by molar-refractivity contribution is 0.176. The summed E-state index contributed by atoms with van der Waals surface area (Å²) in [6.07, 6.45) is 7.23. The summed E-state index contributed by atoms with van der Waals surface area (Å²) < 4.78 is 29.9. The highest BCUT2D eigenvalue weighted by atomic mass is 32.2. The van der Waals surface area contributed by atoms with Crippen molar-refractivity contribution >= 4 is 26.6 Å². The van der Waals surface area contributed by atoms with Crippen molar-refractivity contribution in [1.29, 1.82) is 0 Å². The second-order valence-electron chi connectivity index (χ2n) is 11.9. The first-order valence-corrected chi connectivity index (χ1v) is 16.3. The lowest BCUT2D eigenvalue weighted by atomic mass is 9.95. The van der Waals surface area contributed by atoms with Gasteiger partial charge in [0.25, 0.3) is 0 Å². The van der Waals surface area contributed by atoms with Crippen LogP contribution in [0, 0.1) is 12.8 Å². The summed E-state index contributed by atoms with van der Waals surface area (Å²) in [5, 5.41) is 0. The molecule has 3 unspecified atom stereocenters. The molecule has 3 aromatic carbocycles. The fourth-order valence-corrected chi connectivity index (χ4v) is 8.30. The Morgan fingerprint density at radius 2 is 1.58 bits per heavy atom. The molecule has 7 rings (SSSR count). The van der Waals surface area contributed by atoms with Gasteiger partial charge in [0, 0.05) is 43.1 Å². The van der Waals surface area contributed by atoms with Gasteiger partial charge in [-0.05, 0) is 54.5 Å². The summed E-state index contributed by atoms with van der Waals surface area (Å²) in [5.74, 6) is 0.599. The van der Waals surface area contributed by atoms with Crippen molar-refractivity contribution in [1.82, 2.24) is 24.3 Å². The van der Waals surface area contributed by atoms with Gasteiger partial charge in [0.05, 0.1) is 11.1 Å². The lowest BCUT2D eigenvalue weighted by Gasteiger charge is -2.29. The third-order valence-electron chi connectivity index (χ3n) is 8.95. The Bertz CT molecular complexity index is 1960. The smallest absolute Gasteiger partial charge is 0.210 e. The monoisotopic (exact) mass is 589 g/mol. The normalized spacial score (nSPS) is 19.1. The number of aromatic nitrogens is 4.